The third-order valence-corrected chi connectivity index (χ3v) is 5.07. The van der Waals surface area contributed by atoms with Crippen molar-refractivity contribution in [1.29, 1.82) is 0 Å². The van der Waals surface area contributed by atoms with E-state index in [0.29, 0.717) is 28.1 Å². The number of hydrogen-bond acceptors (Lipinski definition) is 7. The highest BCUT2D eigenvalue weighted by Gasteiger charge is 2.32. The Morgan fingerprint density at radius 3 is 2.81 bits per heavy atom. The summed E-state index contributed by atoms with van der Waals surface area (Å²) < 4.78 is 5.73. The van der Waals surface area contributed by atoms with Crippen LogP contribution in [0, 0.1) is 0 Å². The molecule has 1 unspecified atom stereocenters. The van der Waals surface area contributed by atoms with Crippen molar-refractivity contribution in [2.45, 2.75) is 32.1 Å². The van der Waals surface area contributed by atoms with Gasteiger partial charge in [0.05, 0.1) is 23.2 Å². The third-order valence-electron chi connectivity index (χ3n) is 4.54. The molecule has 3 rings (SSSR count). The number of carbonyl (C=O) groups is 2. The molecule has 0 aliphatic heterocycles. The number of halogens is 2. The van der Waals surface area contributed by atoms with Crippen molar-refractivity contribution in [1.82, 2.24) is 4.98 Å². The fourth-order valence-corrected chi connectivity index (χ4v) is 3.60. The second kappa shape index (κ2) is 10.4. The number of pyridine rings is 1. The van der Waals surface area contributed by atoms with Gasteiger partial charge in [-0.15, -0.1) is 0 Å². The number of Topliss-reactive ketones (excluding diaryl/α,β-unsaturated/α-hetero) is 2. The highest BCUT2D eigenvalue weighted by atomic mass is 35.5. The number of nitrogens with zero attached hydrogens (tertiary/aromatic N) is 2. The number of rotatable bonds is 8. The maximum absolute atomic E-state index is 12.6. The molecule has 162 valence electrons. The summed E-state index contributed by atoms with van der Waals surface area (Å²) in [6.45, 7) is 2.13. The van der Waals surface area contributed by atoms with E-state index in [1.807, 2.05) is 0 Å². The van der Waals surface area contributed by atoms with Crippen LogP contribution in [0.1, 0.15) is 37.8 Å². The molecule has 1 heterocycles. The Kier molecular flexibility index (Phi) is 7.65. The molecule has 1 atom stereocenters. The second-order valence-electron chi connectivity index (χ2n) is 6.76. The number of aliphatic hydroxyl groups excluding tert-OH is 1. The zero-order valence-corrected chi connectivity index (χ0v) is 18.2. The average molecular weight is 463 g/mol. The smallest absolute Gasteiger partial charge is 0.219 e. The lowest BCUT2D eigenvalue weighted by molar-refractivity contribution is -0.122. The molecular weight excluding hydrogens is 443 g/mol. The summed E-state index contributed by atoms with van der Waals surface area (Å²) in [4.78, 5) is 34.1. The molecule has 2 aromatic rings. The number of hydrogen-bond donors (Lipinski definition) is 1. The van der Waals surface area contributed by atoms with Crippen molar-refractivity contribution in [2.75, 3.05) is 6.61 Å². The molecule has 1 aliphatic rings. The van der Waals surface area contributed by atoms with Gasteiger partial charge in [0.2, 0.25) is 5.88 Å². The molecule has 0 amide bonds. The summed E-state index contributed by atoms with van der Waals surface area (Å²) >= 11 is 12.0. The zero-order valence-electron chi connectivity index (χ0n) is 16.7. The predicted octanol–water partition coefficient (Wildman–Crippen LogP) is 5.42. The Morgan fingerprint density at radius 1 is 1.29 bits per heavy atom. The molecule has 7 nitrogen and oxygen atoms in total. The van der Waals surface area contributed by atoms with Crippen LogP contribution in [0.2, 0.25) is 10.0 Å². The molecule has 0 bridgehead atoms. The Bertz CT molecular complexity index is 1050. The van der Waals surface area contributed by atoms with Crippen LogP contribution in [0.5, 0.6) is 11.6 Å². The molecule has 0 spiro atoms. The van der Waals surface area contributed by atoms with Gasteiger partial charge in [-0.1, -0.05) is 34.4 Å². The minimum absolute atomic E-state index is 0.0475. The molecule has 0 saturated carbocycles. The monoisotopic (exact) mass is 462 g/mol. The number of ether oxygens (including phenoxy) is 1. The van der Waals surface area contributed by atoms with Crippen molar-refractivity contribution in [3.8, 4) is 11.6 Å². The van der Waals surface area contributed by atoms with E-state index in [2.05, 4.69) is 10.1 Å². The zero-order chi connectivity index (χ0) is 22.4. The van der Waals surface area contributed by atoms with E-state index in [9.17, 15) is 14.7 Å². The first kappa shape index (κ1) is 22.8. The summed E-state index contributed by atoms with van der Waals surface area (Å²) in [5, 5.41) is 14.8. The molecule has 9 heteroatoms. The largest absolute Gasteiger partial charge is 0.511 e. The van der Waals surface area contributed by atoms with Crippen molar-refractivity contribution in [3.05, 3.63) is 63.5 Å². The van der Waals surface area contributed by atoms with Crippen LogP contribution in [0.4, 0.5) is 0 Å². The van der Waals surface area contributed by atoms with E-state index < -0.39 is 11.6 Å². The highest BCUT2D eigenvalue weighted by Crippen LogP contribution is 2.35. The van der Waals surface area contributed by atoms with E-state index in [1.54, 1.807) is 43.3 Å². The maximum Gasteiger partial charge on any atom is 0.219 e. The van der Waals surface area contributed by atoms with Crippen LogP contribution in [0.3, 0.4) is 0 Å². The average Bonchev–Trinajstić information content (AvgIpc) is 2.73. The van der Waals surface area contributed by atoms with E-state index in [0.717, 1.165) is 0 Å². The van der Waals surface area contributed by atoms with Gasteiger partial charge in [0, 0.05) is 35.5 Å². The third kappa shape index (κ3) is 5.83. The number of oxime groups is 1. The predicted molar refractivity (Wildman–Crippen MR) is 117 cm³/mol. The lowest BCUT2D eigenvalue weighted by Gasteiger charge is -2.22. The summed E-state index contributed by atoms with van der Waals surface area (Å²) in [5.74, 6) is -0.883. The summed E-state index contributed by atoms with van der Waals surface area (Å²) in [5.41, 5.74) is 0.381. The number of allylic oxidation sites excluding steroid dienone is 2. The van der Waals surface area contributed by atoms with Crippen LogP contribution < -0.4 is 4.74 Å². The number of carbonyl (C=O) groups excluding carboxylic acids is 2. The Hall–Kier alpha value is -2.90. The number of aromatic nitrogens is 1. The topological polar surface area (TPSA) is 98.1 Å². The van der Waals surface area contributed by atoms with E-state index >= 15 is 0 Å². The van der Waals surface area contributed by atoms with E-state index in [1.165, 1.54) is 6.21 Å². The summed E-state index contributed by atoms with van der Waals surface area (Å²) in [7, 11) is 0. The van der Waals surface area contributed by atoms with Gasteiger partial charge >= 0.3 is 0 Å². The van der Waals surface area contributed by atoms with Crippen LogP contribution in [-0.2, 0) is 14.4 Å². The van der Waals surface area contributed by atoms with Gasteiger partial charge in [-0.3, -0.25) is 9.59 Å². The molecular formula is C22H20Cl2N2O5. The number of benzene rings is 1. The van der Waals surface area contributed by atoms with E-state index in [4.69, 9.17) is 32.8 Å². The molecule has 1 aliphatic carbocycles. The number of aliphatic hydroxyl groups is 1. The van der Waals surface area contributed by atoms with Crippen LogP contribution in [-0.4, -0.2) is 34.5 Å². The van der Waals surface area contributed by atoms with Gasteiger partial charge in [0.25, 0.3) is 0 Å². The number of ketones is 2. The Morgan fingerprint density at radius 2 is 2.10 bits per heavy atom. The molecule has 1 aromatic carbocycles. The molecule has 0 fully saturated rings. The van der Waals surface area contributed by atoms with Gasteiger partial charge in [-0.25, -0.2) is 4.98 Å². The molecule has 1 aromatic heterocycles. The summed E-state index contributed by atoms with van der Waals surface area (Å²) in [6, 6.07) is 9.96. The first-order valence-electron chi connectivity index (χ1n) is 9.61. The Balaban J connectivity index is 1.74. The lowest BCUT2D eigenvalue weighted by atomic mass is 9.83. The SMILES string of the molecule is CCON=CCC(=O)C1=C(O)CC(c2cccc(Oc3ccc(Cl)cc3Cl)n2)CC1=O. The van der Waals surface area contributed by atoms with Crippen LogP contribution >= 0.6 is 23.2 Å². The van der Waals surface area contributed by atoms with Gasteiger partial charge in [-0.2, -0.15) is 0 Å². The standard InChI is InChI=1S/C22H20Cl2N2O5/c1-2-30-25-9-8-17(27)22-18(28)10-13(11-19(22)29)16-4-3-5-21(26-16)31-20-7-6-14(23)12-15(20)24/h3-7,9,12-13,28H,2,8,10-11H2,1H3. The van der Waals surface area contributed by atoms with Crippen molar-refractivity contribution in [3.63, 3.8) is 0 Å². The van der Waals surface area contributed by atoms with Crippen molar-refractivity contribution >= 4 is 41.0 Å². The second-order valence-corrected chi connectivity index (χ2v) is 7.60. The van der Waals surface area contributed by atoms with Gasteiger partial charge in [0.1, 0.15) is 18.1 Å². The lowest BCUT2D eigenvalue weighted by Crippen LogP contribution is -2.24. The molecule has 1 N–H and O–H groups in total. The van der Waals surface area contributed by atoms with Crippen molar-refractivity contribution in [2.24, 2.45) is 5.16 Å². The Labute approximate surface area is 189 Å². The minimum Gasteiger partial charge on any atom is -0.511 e. The normalized spacial score (nSPS) is 16.6. The molecule has 31 heavy (non-hydrogen) atoms. The maximum atomic E-state index is 12.6. The molecule has 0 saturated heterocycles. The van der Waals surface area contributed by atoms with Crippen LogP contribution in [0.25, 0.3) is 0 Å². The van der Waals surface area contributed by atoms with Gasteiger partial charge in [0.15, 0.2) is 11.6 Å². The van der Waals surface area contributed by atoms with Gasteiger partial charge in [-0.05, 0) is 31.2 Å². The highest BCUT2D eigenvalue weighted by molar-refractivity contribution is 6.35. The summed E-state index contributed by atoms with van der Waals surface area (Å²) in [6.07, 6.45) is 1.31. The fraction of sp³-hybridized carbons (Fsp3) is 0.273. The first-order chi connectivity index (χ1) is 14.9. The van der Waals surface area contributed by atoms with Crippen LogP contribution in [0.15, 0.2) is 52.9 Å². The molecule has 0 radical (unpaired) electrons. The fourth-order valence-electron chi connectivity index (χ4n) is 3.16. The van der Waals surface area contributed by atoms with Gasteiger partial charge < -0.3 is 14.7 Å². The quantitative estimate of drug-likeness (QED) is 0.319. The van der Waals surface area contributed by atoms with E-state index in [-0.39, 0.29) is 42.4 Å². The minimum atomic E-state index is -0.494. The van der Waals surface area contributed by atoms with Crippen molar-refractivity contribution < 1.29 is 24.3 Å². The first-order valence-corrected chi connectivity index (χ1v) is 10.4.